The van der Waals surface area contributed by atoms with Crippen molar-refractivity contribution in [3.8, 4) is 28.1 Å². The second kappa shape index (κ2) is 5.73. The molecule has 3 aromatic rings. The van der Waals surface area contributed by atoms with Crippen LogP contribution in [0.2, 0.25) is 0 Å². The second-order valence-electron chi connectivity index (χ2n) is 4.75. The maximum atomic E-state index is 11.6. The molecule has 1 heterocycles. The first-order valence-corrected chi connectivity index (χ1v) is 6.78. The van der Waals surface area contributed by atoms with Gasteiger partial charge in [0, 0.05) is 11.1 Å². The van der Waals surface area contributed by atoms with Crippen LogP contribution in [0.5, 0.6) is 5.75 Å². The van der Waals surface area contributed by atoms with Crippen LogP contribution in [0.3, 0.4) is 0 Å². The van der Waals surface area contributed by atoms with Gasteiger partial charge >= 0.3 is 6.03 Å². The molecule has 2 aromatic carbocycles. The quantitative estimate of drug-likeness (QED) is 0.806. The molecule has 0 fully saturated rings. The first kappa shape index (κ1) is 13.9. The molecule has 0 spiro atoms. The summed E-state index contributed by atoms with van der Waals surface area (Å²) >= 11 is 0. The van der Waals surface area contributed by atoms with Crippen LogP contribution in [0.25, 0.3) is 22.4 Å². The number of ether oxygens (including phenoxy) is 1. The number of methoxy groups -OCH3 is 1. The predicted octanol–water partition coefficient (Wildman–Crippen LogP) is 3.15. The molecule has 0 saturated carbocycles. The molecule has 0 bridgehead atoms. The van der Waals surface area contributed by atoms with Gasteiger partial charge < -0.3 is 10.5 Å². The number of nitrogens with zero attached hydrogens (tertiary/aromatic N) is 2. The van der Waals surface area contributed by atoms with Crippen LogP contribution in [-0.4, -0.2) is 22.9 Å². The van der Waals surface area contributed by atoms with E-state index in [0.717, 1.165) is 22.4 Å². The smallest absolute Gasteiger partial charge is 0.340 e. The molecule has 0 aliphatic heterocycles. The van der Waals surface area contributed by atoms with Crippen LogP contribution in [-0.2, 0) is 0 Å². The summed E-state index contributed by atoms with van der Waals surface area (Å²) < 4.78 is 6.39. The van der Waals surface area contributed by atoms with Crippen molar-refractivity contribution in [1.29, 1.82) is 0 Å². The van der Waals surface area contributed by atoms with Crippen molar-refractivity contribution in [1.82, 2.24) is 9.78 Å². The van der Waals surface area contributed by atoms with E-state index in [4.69, 9.17) is 10.5 Å². The van der Waals surface area contributed by atoms with Crippen LogP contribution in [0, 0.1) is 0 Å². The van der Waals surface area contributed by atoms with Gasteiger partial charge in [-0.1, -0.05) is 42.5 Å². The molecular formula is C17H15N3O2. The van der Waals surface area contributed by atoms with Gasteiger partial charge in [0.1, 0.15) is 5.75 Å². The van der Waals surface area contributed by atoms with E-state index in [1.54, 1.807) is 13.3 Å². The third kappa shape index (κ3) is 2.44. The fraction of sp³-hybridized carbons (Fsp3) is 0.0588. The molecule has 5 heteroatoms. The lowest BCUT2D eigenvalue weighted by Gasteiger charge is -2.08. The Balaban J connectivity index is 2.17. The number of benzene rings is 2. The number of hydrogen-bond donors (Lipinski definition) is 1. The largest absolute Gasteiger partial charge is 0.497 e. The minimum Gasteiger partial charge on any atom is -0.497 e. The molecule has 0 atom stereocenters. The minimum absolute atomic E-state index is 0.612. The Hall–Kier alpha value is -3.08. The fourth-order valence-electron chi connectivity index (χ4n) is 2.37. The highest BCUT2D eigenvalue weighted by Gasteiger charge is 2.17. The summed E-state index contributed by atoms with van der Waals surface area (Å²) in [5.74, 6) is 0.771. The summed E-state index contributed by atoms with van der Waals surface area (Å²) in [4.78, 5) is 11.6. The minimum atomic E-state index is -0.612. The Kier molecular flexibility index (Phi) is 3.62. The summed E-state index contributed by atoms with van der Waals surface area (Å²) in [7, 11) is 1.62. The maximum Gasteiger partial charge on any atom is 0.340 e. The van der Waals surface area contributed by atoms with Crippen molar-refractivity contribution in [3.63, 3.8) is 0 Å². The molecule has 5 nitrogen and oxygen atoms in total. The standard InChI is InChI=1S/C17H15N3O2/c1-22-14-9-7-12(8-10-14)15-11-19-20(17(18)21)16(15)13-5-3-2-4-6-13/h2-11H,1H3,(H2,18,21). The van der Waals surface area contributed by atoms with Crippen molar-refractivity contribution in [2.75, 3.05) is 7.11 Å². The van der Waals surface area contributed by atoms with Crippen LogP contribution < -0.4 is 10.5 Å². The number of nitrogens with two attached hydrogens (primary N) is 1. The van der Waals surface area contributed by atoms with E-state index in [2.05, 4.69) is 5.10 Å². The Morgan fingerprint density at radius 1 is 1.05 bits per heavy atom. The zero-order chi connectivity index (χ0) is 15.5. The molecule has 2 N–H and O–H groups in total. The molecule has 1 amide bonds. The van der Waals surface area contributed by atoms with Gasteiger partial charge in [0.25, 0.3) is 0 Å². The van der Waals surface area contributed by atoms with Gasteiger partial charge in [0.15, 0.2) is 0 Å². The number of rotatable bonds is 3. The molecule has 1 aromatic heterocycles. The van der Waals surface area contributed by atoms with Crippen molar-refractivity contribution in [2.24, 2.45) is 5.73 Å². The molecule has 0 unspecified atom stereocenters. The van der Waals surface area contributed by atoms with Gasteiger partial charge in [0.05, 0.1) is 19.0 Å². The zero-order valence-electron chi connectivity index (χ0n) is 12.1. The second-order valence-corrected chi connectivity index (χ2v) is 4.75. The summed E-state index contributed by atoms with van der Waals surface area (Å²) in [6, 6.07) is 16.5. The molecule has 0 aliphatic rings. The van der Waals surface area contributed by atoms with Crippen LogP contribution >= 0.6 is 0 Å². The van der Waals surface area contributed by atoms with E-state index in [9.17, 15) is 4.79 Å². The highest BCUT2D eigenvalue weighted by Crippen LogP contribution is 2.32. The number of amides is 1. The molecule has 22 heavy (non-hydrogen) atoms. The molecule has 0 aliphatic carbocycles. The van der Waals surface area contributed by atoms with E-state index in [1.165, 1.54) is 4.68 Å². The summed E-state index contributed by atoms with van der Waals surface area (Å²) in [5.41, 5.74) is 8.77. The van der Waals surface area contributed by atoms with Gasteiger partial charge in [0.2, 0.25) is 0 Å². The summed E-state index contributed by atoms with van der Waals surface area (Å²) in [5, 5.41) is 4.12. The zero-order valence-corrected chi connectivity index (χ0v) is 12.1. The number of hydrogen-bond acceptors (Lipinski definition) is 3. The van der Waals surface area contributed by atoms with Crippen molar-refractivity contribution >= 4 is 6.03 Å². The van der Waals surface area contributed by atoms with Crippen LogP contribution in [0.15, 0.2) is 60.8 Å². The average Bonchev–Trinajstić information content (AvgIpc) is 3.01. The van der Waals surface area contributed by atoms with E-state index in [-0.39, 0.29) is 0 Å². The lowest BCUT2D eigenvalue weighted by atomic mass is 10.0. The number of carbonyl (C=O) groups is 1. The maximum absolute atomic E-state index is 11.6. The first-order valence-electron chi connectivity index (χ1n) is 6.78. The molecule has 0 saturated heterocycles. The third-order valence-electron chi connectivity index (χ3n) is 3.43. The molecule has 3 rings (SSSR count). The average molecular weight is 293 g/mol. The van der Waals surface area contributed by atoms with Crippen molar-refractivity contribution < 1.29 is 9.53 Å². The van der Waals surface area contributed by atoms with E-state index < -0.39 is 6.03 Å². The van der Waals surface area contributed by atoms with Crippen LogP contribution in [0.4, 0.5) is 4.79 Å². The van der Waals surface area contributed by atoms with Gasteiger partial charge in [-0.15, -0.1) is 0 Å². The summed E-state index contributed by atoms with van der Waals surface area (Å²) in [6.45, 7) is 0. The Labute approximate surface area is 127 Å². The SMILES string of the molecule is COc1ccc(-c2cnn(C(N)=O)c2-c2ccccc2)cc1. The Morgan fingerprint density at radius 2 is 1.73 bits per heavy atom. The lowest BCUT2D eigenvalue weighted by Crippen LogP contribution is -2.21. The molecular weight excluding hydrogens is 278 g/mol. The van der Waals surface area contributed by atoms with Gasteiger partial charge in [-0.3, -0.25) is 0 Å². The van der Waals surface area contributed by atoms with Gasteiger partial charge in [-0.05, 0) is 17.7 Å². The Bertz CT molecular complexity index is 793. The van der Waals surface area contributed by atoms with Crippen molar-refractivity contribution in [2.45, 2.75) is 0 Å². The van der Waals surface area contributed by atoms with Gasteiger partial charge in [-0.2, -0.15) is 9.78 Å². The predicted molar refractivity (Wildman–Crippen MR) is 84.6 cm³/mol. The first-order chi connectivity index (χ1) is 10.7. The van der Waals surface area contributed by atoms with E-state index >= 15 is 0 Å². The van der Waals surface area contributed by atoms with E-state index in [1.807, 2.05) is 54.6 Å². The van der Waals surface area contributed by atoms with Crippen LogP contribution in [0.1, 0.15) is 0 Å². The fourth-order valence-corrected chi connectivity index (χ4v) is 2.37. The number of aromatic nitrogens is 2. The molecule has 110 valence electrons. The normalized spacial score (nSPS) is 10.4. The third-order valence-corrected chi connectivity index (χ3v) is 3.43. The highest BCUT2D eigenvalue weighted by atomic mass is 16.5. The van der Waals surface area contributed by atoms with Crippen molar-refractivity contribution in [3.05, 3.63) is 60.8 Å². The number of carbonyl (C=O) groups excluding carboxylic acids is 1. The highest BCUT2D eigenvalue weighted by molar-refractivity contribution is 5.88. The topological polar surface area (TPSA) is 70.1 Å². The number of primary amides is 1. The monoisotopic (exact) mass is 293 g/mol. The van der Waals surface area contributed by atoms with E-state index in [0.29, 0.717) is 5.69 Å². The summed E-state index contributed by atoms with van der Waals surface area (Å²) in [6.07, 6.45) is 1.65. The lowest BCUT2D eigenvalue weighted by molar-refractivity contribution is 0.248. The van der Waals surface area contributed by atoms with Gasteiger partial charge in [-0.25, -0.2) is 4.79 Å². The Morgan fingerprint density at radius 3 is 2.32 bits per heavy atom. The molecule has 0 radical (unpaired) electrons.